The highest BCUT2D eigenvalue weighted by atomic mass is 35.5. The molecular formula is C20H21ClN2O2S. The normalized spacial score (nSPS) is 32.1. The van der Waals surface area contributed by atoms with Gasteiger partial charge in [-0.15, -0.1) is 10.2 Å². The van der Waals surface area contributed by atoms with Crippen LogP contribution in [0.15, 0.2) is 33.9 Å². The van der Waals surface area contributed by atoms with E-state index in [1.54, 1.807) is 12.1 Å². The van der Waals surface area contributed by atoms with Crippen LogP contribution in [-0.2, 0) is 5.41 Å². The minimum absolute atomic E-state index is 0.0184. The van der Waals surface area contributed by atoms with E-state index in [2.05, 4.69) is 10.2 Å². The Morgan fingerprint density at radius 2 is 1.77 bits per heavy atom. The van der Waals surface area contributed by atoms with Gasteiger partial charge in [-0.3, -0.25) is 4.79 Å². The predicted octanol–water partition coefficient (Wildman–Crippen LogP) is 5.17. The van der Waals surface area contributed by atoms with E-state index < -0.39 is 0 Å². The maximum atomic E-state index is 12.4. The molecule has 26 heavy (non-hydrogen) atoms. The van der Waals surface area contributed by atoms with Gasteiger partial charge in [-0.1, -0.05) is 35.5 Å². The Hall–Kier alpha value is -1.33. The molecule has 2 aromatic rings. The summed E-state index contributed by atoms with van der Waals surface area (Å²) in [6.07, 6.45) is 7.77. The lowest BCUT2D eigenvalue weighted by atomic mass is 9.49. The number of benzene rings is 1. The van der Waals surface area contributed by atoms with Gasteiger partial charge in [-0.2, -0.15) is 0 Å². The van der Waals surface area contributed by atoms with Crippen molar-refractivity contribution in [2.24, 2.45) is 17.8 Å². The second kappa shape index (κ2) is 6.38. The van der Waals surface area contributed by atoms with Crippen molar-refractivity contribution in [1.82, 2.24) is 10.2 Å². The van der Waals surface area contributed by atoms with Gasteiger partial charge in [0, 0.05) is 11.0 Å². The molecule has 0 atom stereocenters. The number of Topliss-reactive ketones (excluding diaryl/α,β-unsaturated/α-hetero) is 1. The molecule has 0 amide bonds. The van der Waals surface area contributed by atoms with Gasteiger partial charge in [0.15, 0.2) is 5.78 Å². The Bertz CT molecular complexity index is 815. The molecule has 0 saturated heterocycles. The summed E-state index contributed by atoms with van der Waals surface area (Å²) < 4.78 is 6.04. The number of carbonyl (C=O) groups is 1. The molecule has 0 aliphatic heterocycles. The summed E-state index contributed by atoms with van der Waals surface area (Å²) >= 11 is 7.41. The van der Waals surface area contributed by atoms with E-state index in [0.29, 0.717) is 15.8 Å². The number of hydrogen-bond donors (Lipinski definition) is 0. The van der Waals surface area contributed by atoms with Gasteiger partial charge in [0.2, 0.25) is 5.89 Å². The maximum absolute atomic E-state index is 12.4. The number of aromatic nitrogens is 2. The molecule has 4 aliphatic carbocycles. The molecule has 4 aliphatic rings. The molecule has 4 bridgehead atoms. The molecule has 0 radical (unpaired) electrons. The topological polar surface area (TPSA) is 56.0 Å². The van der Waals surface area contributed by atoms with Gasteiger partial charge in [0.25, 0.3) is 5.22 Å². The Morgan fingerprint density at radius 3 is 2.42 bits per heavy atom. The summed E-state index contributed by atoms with van der Waals surface area (Å²) in [4.78, 5) is 12.4. The molecular weight excluding hydrogens is 368 g/mol. The van der Waals surface area contributed by atoms with Gasteiger partial charge in [0.1, 0.15) is 0 Å². The van der Waals surface area contributed by atoms with Crippen LogP contribution >= 0.6 is 23.4 Å². The zero-order chi connectivity index (χ0) is 17.7. The summed E-state index contributed by atoms with van der Waals surface area (Å²) in [5, 5.41) is 9.60. The third-order valence-electron chi connectivity index (χ3n) is 6.40. The van der Waals surface area contributed by atoms with E-state index in [1.165, 1.54) is 50.3 Å². The number of halogens is 1. The second-order valence-electron chi connectivity index (χ2n) is 8.26. The highest BCUT2D eigenvalue weighted by Crippen LogP contribution is 2.60. The molecule has 4 fully saturated rings. The van der Waals surface area contributed by atoms with E-state index in [4.69, 9.17) is 16.0 Å². The minimum Gasteiger partial charge on any atom is -0.415 e. The number of carbonyl (C=O) groups excluding carboxylic acids is 1. The summed E-state index contributed by atoms with van der Waals surface area (Å²) in [5.74, 6) is 3.56. The van der Waals surface area contributed by atoms with Gasteiger partial charge >= 0.3 is 0 Å². The lowest BCUT2D eigenvalue weighted by molar-refractivity contribution is -0.0191. The highest BCUT2D eigenvalue weighted by Gasteiger charge is 2.54. The Labute approximate surface area is 162 Å². The first-order valence-corrected chi connectivity index (χ1v) is 10.7. The smallest absolute Gasteiger partial charge is 0.277 e. The van der Waals surface area contributed by atoms with Gasteiger partial charge < -0.3 is 4.42 Å². The van der Waals surface area contributed by atoms with Crippen LogP contribution < -0.4 is 0 Å². The molecule has 6 rings (SSSR count). The second-order valence-corrected chi connectivity index (χ2v) is 9.60. The SMILES string of the molecule is O=C(CSc1nnc(C23CC4CC(CC(C4)C2)C3)o1)c1ccccc1Cl. The van der Waals surface area contributed by atoms with Crippen molar-refractivity contribution in [3.8, 4) is 0 Å². The monoisotopic (exact) mass is 388 g/mol. The summed E-state index contributed by atoms with van der Waals surface area (Å²) in [6, 6.07) is 7.13. The summed E-state index contributed by atoms with van der Waals surface area (Å²) in [6.45, 7) is 0. The van der Waals surface area contributed by atoms with Crippen LogP contribution in [-0.4, -0.2) is 21.7 Å². The van der Waals surface area contributed by atoms with Crippen molar-refractivity contribution in [3.05, 3.63) is 40.7 Å². The van der Waals surface area contributed by atoms with Crippen molar-refractivity contribution in [3.63, 3.8) is 0 Å². The van der Waals surface area contributed by atoms with Crippen molar-refractivity contribution < 1.29 is 9.21 Å². The summed E-state index contributed by atoms with van der Waals surface area (Å²) in [7, 11) is 0. The van der Waals surface area contributed by atoms with Crippen LogP contribution in [0, 0.1) is 17.8 Å². The van der Waals surface area contributed by atoms with Crippen LogP contribution in [0.5, 0.6) is 0 Å². The highest BCUT2D eigenvalue weighted by molar-refractivity contribution is 7.99. The van der Waals surface area contributed by atoms with Crippen LogP contribution in [0.25, 0.3) is 0 Å². The average Bonchev–Trinajstić information content (AvgIpc) is 3.09. The molecule has 4 saturated carbocycles. The van der Waals surface area contributed by atoms with E-state index in [0.717, 1.165) is 23.6 Å². The first-order chi connectivity index (χ1) is 12.6. The molecule has 4 nitrogen and oxygen atoms in total. The van der Waals surface area contributed by atoms with Crippen LogP contribution in [0.4, 0.5) is 0 Å². The van der Waals surface area contributed by atoms with Crippen LogP contribution in [0.1, 0.15) is 54.8 Å². The third kappa shape index (κ3) is 2.89. The molecule has 136 valence electrons. The predicted molar refractivity (Wildman–Crippen MR) is 101 cm³/mol. The van der Waals surface area contributed by atoms with E-state index >= 15 is 0 Å². The average molecular weight is 389 g/mol. The van der Waals surface area contributed by atoms with Crippen LogP contribution in [0.2, 0.25) is 5.02 Å². The lowest BCUT2D eigenvalue weighted by Gasteiger charge is -2.55. The van der Waals surface area contributed by atoms with Crippen molar-refractivity contribution in [1.29, 1.82) is 0 Å². The standard InChI is InChI=1S/C20H21ClN2O2S/c21-16-4-2-1-3-15(16)17(24)11-26-19-23-22-18(25-19)20-8-12-5-13(9-20)7-14(6-12)10-20/h1-4,12-14H,5-11H2. The van der Waals surface area contributed by atoms with Crippen LogP contribution in [0.3, 0.4) is 0 Å². The largest absolute Gasteiger partial charge is 0.415 e. The summed E-state index contributed by atoms with van der Waals surface area (Å²) in [5.41, 5.74) is 0.648. The van der Waals surface area contributed by atoms with Gasteiger partial charge in [-0.25, -0.2) is 0 Å². The number of hydrogen-bond acceptors (Lipinski definition) is 5. The number of ketones is 1. The molecule has 0 unspecified atom stereocenters. The fourth-order valence-corrected chi connectivity index (χ4v) is 6.63. The molecule has 0 spiro atoms. The molecule has 1 aromatic heterocycles. The fourth-order valence-electron chi connectivity index (χ4n) is 5.75. The van der Waals surface area contributed by atoms with E-state index in [-0.39, 0.29) is 17.0 Å². The maximum Gasteiger partial charge on any atom is 0.277 e. The van der Waals surface area contributed by atoms with Gasteiger partial charge in [-0.05, 0) is 68.4 Å². The number of thioether (sulfide) groups is 1. The zero-order valence-electron chi connectivity index (χ0n) is 14.5. The quantitative estimate of drug-likeness (QED) is 0.522. The third-order valence-corrected chi connectivity index (χ3v) is 7.55. The number of rotatable bonds is 5. The molecule has 1 aromatic carbocycles. The minimum atomic E-state index is -0.0184. The van der Waals surface area contributed by atoms with E-state index in [9.17, 15) is 4.79 Å². The molecule has 0 N–H and O–H groups in total. The first-order valence-electron chi connectivity index (χ1n) is 9.36. The van der Waals surface area contributed by atoms with Crippen molar-refractivity contribution >= 4 is 29.1 Å². The van der Waals surface area contributed by atoms with Gasteiger partial charge in [0.05, 0.1) is 10.8 Å². The zero-order valence-corrected chi connectivity index (χ0v) is 16.1. The molecule has 1 heterocycles. The Kier molecular flexibility index (Phi) is 4.13. The van der Waals surface area contributed by atoms with E-state index in [1.807, 2.05) is 12.1 Å². The number of nitrogens with zero attached hydrogens (tertiary/aromatic N) is 2. The Morgan fingerprint density at radius 1 is 1.12 bits per heavy atom. The fraction of sp³-hybridized carbons (Fsp3) is 0.550. The van der Waals surface area contributed by atoms with Crippen molar-refractivity contribution in [2.45, 2.75) is 49.2 Å². The Balaban J connectivity index is 1.29. The molecule has 6 heteroatoms. The lowest BCUT2D eigenvalue weighted by Crippen LogP contribution is -2.48. The van der Waals surface area contributed by atoms with Crippen molar-refractivity contribution in [2.75, 3.05) is 5.75 Å². The first kappa shape index (κ1) is 16.8.